The Morgan fingerprint density at radius 2 is 2.00 bits per heavy atom. The third-order valence-electron chi connectivity index (χ3n) is 3.84. The van der Waals surface area contributed by atoms with Gasteiger partial charge >= 0.3 is 5.97 Å². The van der Waals surface area contributed by atoms with Crippen LogP contribution >= 0.6 is 0 Å². The predicted molar refractivity (Wildman–Crippen MR) is 79.1 cm³/mol. The van der Waals surface area contributed by atoms with Crippen molar-refractivity contribution in [3.63, 3.8) is 0 Å². The maximum absolute atomic E-state index is 11.3. The molecule has 21 heavy (non-hydrogen) atoms. The second-order valence-corrected chi connectivity index (χ2v) is 5.61. The van der Waals surface area contributed by atoms with Crippen molar-refractivity contribution >= 4 is 5.97 Å². The smallest absolute Gasteiger partial charge is 0.336 e. The molecule has 1 N–H and O–H groups in total. The van der Waals surface area contributed by atoms with Crippen LogP contribution in [0.3, 0.4) is 0 Å². The number of hydrogen-bond acceptors (Lipinski definition) is 3. The van der Waals surface area contributed by atoms with E-state index in [0.717, 1.165) is 23.6 Å². The predicted octanol–water partition coefficient (Wildman–Crippen LogP) is 3.45. The van der Waals surface area contributed by atoms with E-state index in [1.807, 2.05) is 31.2 Å². The van der Waals surface area contributed by atoms with Gasteiger partial charge in [0.1, 0.15) is 11.5 Å². The highest BCUT2D eigenvalue weighted by atomic mass is 16.4. The number of aryl methyl sites for hydroxylation is 1. The van der Waals surface area contributed by atoms with E-state index in [1.165, 1.54) is 12.8 Å². The van der Waals surface area contributed by atoms with E-state index in [1.54, 1.807) is 12.1 Å². The molecule has 1 saturated carbocycles. The Morgan fingerprint density at radius 1 is 1.24 bits per heavy atom. The van der Waals surface area contributed by atoms with Gasteiger partial charge in [-0.25, -0.2) is 4.79 Å². The van der Waals surface area contributed by atoms with E-state index in [-0.39, 0.29) is 0 Å². The lowest BCUT2D eigenvalue weighted by atomic mass is 10.1. The highest BCUT2D eigenvalue weighted by Gasteiger charge is 2.30. The highest BCUT2D eigenvalue weighted by Crippen LogP contribution is 2.30. The van der Waals surface area contributed by atoms with Crippen molar-refractivity contribution in [1.82, 2.24) is 4.90 Å². The first-order valence-electron chi connectivity index (χ1n) is 7.24. The number of aromatic carboxylic acids is 1. The molecule has 1 aromatic heterocycles. The molecule has 1 aliphatic rings. The van der Waals surface area contributed by atoms with Crippen molar-refractivity contribution in [2.75, 3.05) is 0 Å². The van der Waals surface area contributed by atoms with Crippen LogP contribution in [0, 0.1) is 6.92 Å². The van der Waals surface area contributed by atoms with Crippen LogP contribution in [-0.2, 0) is 13.1 Å². The van der Waals surface area contributed by atoms with E-state index in [4.69, 9.17) is 4.42 Å². The second-order valence-electron chi connectivity index (χ2n) is 5.61. The Balaban J connectivity index is 1.78. The normalized spacial score (nSPS) is 14.6. The van der Waals surface area contributed by atoms with Crippen LogP contribution in [0.1, 0.15) is 40.3 Å². The Kier molecular flexibility index (Phi) is 3.80. The van der Waals surface area contributed by atoms with Gasteiger partial charge in [-0.2, -0.15) is 0 Å². The van der Waals surface area contributed by atoms with Gasteiger partial charge in [-0.05, 0) is 43.5 Å². The summed E-state index contributed by atoms with van der Waals surface area (Å²) in [5.74, 6) is 0.981. The van der Waals surface area contributed by atoms with Crippen molar-refractivity contribution in [2.24, 2.45) is 0 Å². The number of nitrogens with zero attached hydrogens (tertiary/aromatic N) is 1. The Bertz CT molecular complexity index is 643. The zero-order valence-electron chi connectivity index (χ0n) is 12.1. The summed E-state index contributed by atoms with van der Waals surface area (Å²) in [6.07, 6.45) is 2.35. The Hall–Kier alpha value is -2.07. The van der Waals surface area contributed by atoms with E-state index >= 15 is 0 Å². The molecular formula is C17H19NO3. The van der Waals surface area contributed by atoms with Crippen LogP contribution in [0.25, 0.3) is 0 Å². The molecule has 0 aliphatic heterocycles. The van der Waals surface area contributed by atoms with Gasteiger partial charge in [-0.1, -0.05) is 18.2 Å². The molecule has 0 atom stereocenters. The van der Waals surface area contributed by atoms with Crippen LogP contribution in [0.2, 0.25) is 0 Å². The van der Waals surface area contributed by atoms with Crippen molar-refractivity contribution in [3.05, 3.63) is 59.0 Å². The fraction of sp³-hybridized carbons (Fsp3) is 0.353. The summed E-state index contributed by atoms with van der Waals surface area (Å²) in [7, 11) is 0. The zero-order chi connectivity index (χ0) is 14.8. The SMILES string of the molecule is Cc1ccc(CN(Cc2ccccc2C(=O)O)C2CC2)o1. The second kappa shape index (κ2) is 5.74. The maximum atomic E-state index is 11.3. The Morgan fingerprint density at radius 3 is 2.62 bits per heavy atom. The minimum atomic E-state index is -0.866. The van der Waals surface area contributed by atoms with Crippen molar-refractivity contribution in [2.45, 2.75) is 38.9 Å². The lowest BCUT2D eigenvalue weighted by Gasteiger charge is -2.21. The third kappa shape index (κ3) is 3.34. The number of rotatable bonds is 6. The van der Waals surface area contributed by atoms with Gasteiger partial charge in [0.25, 0.3) is 0 Å². The highest BCUT2D eigenvalue weighted by molar-refractivity contribution is 5.89. The summed E-state index contributed by atoms with van der Waals surface area (Å²) in [5, 5.41) is 9.29. The summed E-state index contributed by atoms with van der Waals surface area (Å²) < 4.78 is 5.65. The monoisotopic (exact) mass is 285 g/mol. The molecule has 0 spiro atoms. The molecule has 0 saturated heterocycles. The van der Waals surface area contributed by atoms with Gasteiger partial charge in [-0.15, -0.1) is 0 Å². The van der Waals surface area contributed by atoms with Crippen molar-refractivity contribution < 1.29 is 14.3 Å². The molecule has 4 heteroatoms. The topological polar surface area (TPSA) is 53.7 Å². The summed E-state index contributed by atoms with van der Waals surface area (Å²) in [6, 6.07) is 11.7. The molecule has 1 aliphatic carbocycles. The van der Waals surface area contributed by atoms with Crippen LogP contribution < -0.4 is 0 Å². The van der Waals surface area contributed by atoms with Gasteiger partial charge in [-0.3, -0.25) is 4.90 Å². The number of benzene rings is 1. The molecule has 0 unspecified atom stereocenters. The molecule has 2 aromatic rings. The fourth-order valence-corrected chi connectivity index (χ4v) is 2.61. The van der Waals surface area contributed by atoms with E-state index in [2.05, 4.69) is 4.90 Å². The minimum Gasteiger partial charge on any atom is -0.478 e. The summed E-state index contributed by atoms with van der Waals surface area (Å²) in [5.41, 5.74) is 1.25. The quantitative estimate of drug-likeness (QED) is 0.883. The molecule has 4 nitrogen and oxygen atoms in total. The van der Waals surface area contributed by atoms with Gasteiger partial charge in [0.15, 0.2) is 0 Å². The first-order chi connectivity index (χ1) is 10.1. The molecular weight excluding hydrogens is 266 g/mol. The molecule has 3 rings (SSSR count). The van der Waals surface area contributed by atoms with Crippen LogP contribution in [0.5, 0.6) is 0 Å². The summed E-state index contributed by atoms with van der Waals surface area (Å²) in [6.45, 7) is 3.31. The molecule has 0 bridgehead atoms. The molecule has 0 radical (unpaired) electrons. The summed E-state index contributed by atoms with van der Waals surface area (Å²) >= 11 is 0. The third-order valence-corrected chi connectivity index (χ3v) is 3.84. The largest absolute Gasteiger partial charge is 0.478 e. The number of hydrogen-bond donors (Lipinski definition) is 1. The number of furan rings is 1. The number of carbonyl (C=O) groups is 1. The molecule has 0 amide bonds. The minimum absolute atomic E-state index is 0.388. The van der Waals surface area contributed by atoms with Gasteiger partial charge in [0.2, 0.25) is 0 Å². The van der Waals surface area contributed by atoms with E-state index < -0.39 is 5.97 Å². The average molecular weight is 285 g/mol. The van der Waals surface area contributed by atoms with Crippen LogP contribution in [-0.4, -0.2) is 22.0 Å². The number of carboxylic acids is 1. The number of carboxylic acid groups (broad SMARTS) is 1. The van der Waals surface area contributed by atoms with Crippen LogP contribution in [0.15, 0.2) is 40.8 Å². The zero-order valence-corrected chi connectivity index (χ0v) is 12.1. The van der Waals surface area contributed by atoms with Crippen LogP contribution in [0.4, 0.5) is 0 Å². The van der Waals surface area contributed by atoms with Crippen molar-refractivity contribution in [3.8, 4) is 0 Å². The van der Waals surface area contributed by atoms with E-state index in [0.29, 0.717) is 18.2 Å². The summed E-state index contributed by atoms with van der Waals surface area (Å²) in [4.78, 5) is 13.6. The first kappa shape index (κ1) is 13.9. The van der Waals surface area contributed by atoms with Crippen molar-refractivity contribution in [1.29, 1.82) is 0 Å². The van der Waals surface area contributed by atoms with E-state index in [9.17, 15) is 9.90 Å². The first-order valence-corrected chi connectivity index (χ1v) is 7.24. The molecule has 1 heterocycles. The average Bonchev–Trinajstić information content (AvgIpc) is 3.22. The van der Waals surface area contributed by atoms with Gasteiger partial charge in [0.05, 0.1) is 12.1 Å². The Labute approximate surface area is 124 Å². The van der Waals surface area contributed by atoms with Gasteiger partial charge in [0, 0.05) is 12.6 Å². The molecule has 1 aromatic carbocycles. The molecule has 1 fully saturated rings. The fourth-order valence-electron chi connectivity index (χ4n) is 2.61. The van der Waals surface area contributed by atoms with Gasteiger partial charge < -0.3 is 9.52 Å². The molecule has 110 valence electrons. The maximum Gasteiger partial charge on any atom is 0.336 e. The lowest BCUT2D eigenvalue weighted by molar-refractivity contribution is 0.0694. The standard InChI is InChI=1S/C17H19NO3/c1-12-6-9-15(21-12)11-18(14-7-8-14)10-13-4-2-3-5-16(13)17(19)20/h2-6,9,14H,7-8,10-11H2,1H3,(H,19,20). The lowest BCUT2D eigenvalue weighted by Crippen LogP contribution is -2.25.